The van der Waals surface area contributed by atoms with Gasteiger partial charge in [0, 0.05) is 25.3 Å². The van der Waals surface area contributed by atoms with E-state index in [0.29, 0.717) is 7.11 Å². The van der Waals surface area contributed by atoms with E-state index in [9.17, 15) is 33.1 Å². The highest BCUT2D eigenvalue weighted by Crippen LogP contribution is 2.67. The zero-order chi connectivity index (χ0) is 25.0. The molecule has 2 rings (SSSR count). The fourth-order valence-electron chi connectivity index (χ4n) is 2.65. The maximum Gasteiger partial charge on any atom is 0.490 e. The first-order chi connectivity index (χ1) is 15.2. The third-order valence-electron chi connectivity index (χ3n) is 4.06. The number of ether oxygens (including phenoxy) is 2. The summed E-state index contributed by atoms with van der Waals surface area (Å²) in [6.45, 7) is 0.504. The van der Waals surface area contributed by atoms with Crippen molar-refractivity contribution in [3.63, 3.8) is 0 Å². The molecule has 0 aromatic carbocycles. The lowest BCUT2D eigenvalue weighted by atomic mass is 10.2. The van der Waals surface area contributed by atoms with Crippen LogP contribution in [0.2, 0.25) is 0 Å². The van der Waals surface area contributed by atoms with Crippen molar-refractivity contribution >= 4 is 23.5 Å². The second-order valence-corrected chi connectivity index (χ2v) is 11.2. The number of phosphoric ester groups is 2. The van der Waals surface area contributed by atoms with Gasteiger partial charge in [0.15, 0.2) is 0 Å². The van der Waals surface area contributed by atoms with Gasteiger partial charge in [0.25, 0.3) is 5.56 Å². The van der Waals surface area contributed by atoms with Crippen LogP contribution in [0.3, 0.4) is 0 Å². The maximum atomic E-state index is 12.1. The molecule has 0 amide bonds. The SMILES string of the molecule is C#CCOC1C[C@H](n2cc(C)c(=O)[nH]c2=O)O[C@@H]1COP(=O)(O)OP(=O)(O)OP(=O)(O)OC. The molecule has 0 aliphatic carbocycles. The van der Waals surface area contributed by atoms with E-state index in [1.165, 1.54) is 13.1 Å². The van der Waals surface area contributed by atoms with E-state index in [-0.39, 0.29) is 18.6 Å². The van der Waals surface area contributed by atoms with Crippen LogP contribution in [0.25, 0.3) is 0 Å². The number of aryl methyl sites for hydroxylation is 1. The fourth-order valence-corrected chi connectivity index (χ4v) is 5.92. The number of aromatic amines is 1. The number of H-pyrrole nitrogens is 1. The van der Waals surface area contributed by atoms with Gasteiger partial charge >= 0.3 is 29.2 Å². The highest BCUT2D eigenvalue weighted by Gasteiger charge is 2.44. The molecule has 6 atom stereocenters. The minimum absolute atomic E-state index is 0.0147. The number of phosphoric acid groups is 3. The molecule has 1 fully saturated rings. The molecule has 186 valence electrons. The number of nitrogens with zero attached hydrogens (tertiary/aromatic N) is 1. The first-order valence-electron chi connectivity index (χ1n) is 8.82. The largest absolute Gasteiger partial charge is 0.490 e. The molecule has 16 nitrogen and oxygen atoms in total. The molecule has 1 aliphatic rings. The summed E-state index contributed by atoms with van der Waals surface area (Å²) < 4.78 is 63.3. The molecule has 2 heterocycles. The van der Waals surface area contributed by atoms with Crippen LogP contribution in [0.15, 0.2) is 15.8 Å². The van der Waals surface area contributed by atoms with Crippen LogP contribution in [0.1, 0.15) is 18.2 Å². The van der Waals surface area contributed by atoms with Crippen molar-refractivity contribution in [3.8, 4) is 12.3 Å². The zero-order valence-corrected chi connectivity index (χ0v) is 19.8. The number of rotatable bonds is 11. The van der Waals surface area contributed by atoms with Crippen LogP contribution < -0.4 is 11.2 Å². The minimum Gasteiger partial charge on any atom is -0.363 e. The minimum atomic E-state index is -5.58. The second kappa shape index (κ2) is 10.9. The Bertz CT molecular complexity index is 1160. The molecule has 4 N–H and O–H groups in total. The van der Waals surface area contributed by atoms with Gasteiger partial charge in [0.1, 0.15) is 18.9 Å². The van der Waals surface area contributed by atoms with Crippen molar-refractivity contribution in [1.82, 2.24) is 9.55 Å². The third-order valence-corrected chi connectivity index (χ3v) is 8.30. The molecular weight excluding hydrogens is 513 g/mol. The van der Waals surface area contributed by atoms with Gasteiger partial charge in [-0.2, -0.15) is 8.62 Å². The van der Waals surface area contributed by atoms with Crippen LogP contribution in [0.5, 0.6) is 0 Å². The number of nitrogens with one attached hydrogen (secondary N) is 1. The zero-order valence-electron chi connectivity index (χ0n) is 17.1. The lowest BCUT2D eigenvalue weighted by molar-refractivity contribution is -0.0565. The second-order valence-electron chi connectivity index (χ2n) is 6.44. The third kappa shape index (κ3) is 8.08. The van der Waals surface area contributed by atoms with Gasteiger partial charge in [0.05, 0.1) is 12.7 Å². The van der Waals surface area contributed by atoms with Gasteiger partial charge in [-0.1, -0.05) is 5.92 Å². The van der Waals surface area contributed by atoms with E-state index < -0.39 is 59.8 Å². The average molecular weight is 534 g/mol. The van der Waals surface area contributed by atoms with E-state index >= 15 is 0 Å². The van der Waals surface area contributed by atoms with Crippen LogP contribution in [0.4, 0.5) is 0 Å². The molecule has 0 spiro atoms. The predicted octanol–water partition coefficient (Wildman–Crippen LogP) is 0.148. The first-order valence-corrected chi connectivity index (χ1v) is 13.3. The number of terminal acetylenes is 1. The lowest BCUT2D eigenvalue weighted by Gasteiger charge is -2.21. The molecule has 0 saturated carbocycles. The topological polar surface area (TPSA) is 222 Å². The highest BCUT2D eigenvalue weighted by molar-refractivity contribution is 7.66. The molecule has 19 heteroatoms. The van der Waals surface area contributed by atoms with Gasteiger partial charge in [-0.3, -0.25) is 23.4 Å². The van der Waals surface area contributed by atoms with Crippen LogP contribution in [-0.4, -0.2) is 56.8 Å². The Hall–Kier alpha value is -1.43. The molecule has 1 aromatic heterocycles. The van der Waals surface area contributed by atoms with Gasteiger partial charge in [-0.25, -0.2) is 18.5 Å². The molecular formula is C14H21N2O14P3. The highest BCUT2D eigenvalue weighted by atomic mass is 31.3. The molecule has 4 unspecified atom stereocenters. The summed E-state index contributed by atoms with van der Waals surface area (Å²) in [7, 11) is -15.3. The van der Waals surface area contributed by atoms with Crippen molar-refractivity contribution in [2.24, 2.45) is 0 Å². The maximum absolute atomic E-state index is 12.1. The van der Waals surface area contributed by atoms with E-state index in [0.717, 1.165) is 4.57 Å². The molecule has 1 aromatic rings. The normalized spacial score (nSPS) is 26.1. The molecule has 1 saturated heterocycles. The summed E-state index contributed by atoms with van der Waals surface area (Å²) in [4.78, 5) is 53.9. The Balaban J connectivity index is 2.13. The monoisotopic (exact) mass is 534 g/mol. The first kappa shape index (κ1) is 27.8. The number of hydrogen-bond acceptors (Lipinski definition) is 11. The molecule has 0 radical (unpaired) electrons. The number of aromatic nitrogens is 2. The van der Waals surface area contributed by atoms with Gasteiger partial charge < -0.3 is 24.2 Å². The van der Waals surface area contributed by atoms with Crippen LogP contribution in [0, 0.1) is 19.3 Å². The Kier molecular flexibility index (Phi) is 9.17. The van der Waals surface area contributed by atoms with Crippen molar-refractivity contribution in [2.45, 2.75) is 31.8 Å². The fraction of sp³-hybridized carbons (Fsp3) is 0.571. The average Bonchev–Trinajstić information content (AvgIpc) is 3.08. The Morgan fingerprint density at radius 2 is 1.85 bits per heavy atom. The summed E-state index contributed by atoms with van der Waals surface area (Å²) >= 11 is 0. The summed E-state index contributed by atoms with van der Waals surface area (Å²) in [6.07, 6.45) is 3.43. The summed E-state index contributed by atoms with van der Waals surface area (Å²) in [6, 6.07) is 0. The number of hydrogen-bond donors (Lipinski definition) is 4. The lowest BCUT2D eigenvalue weighted by Crippen LogP contribution is -2.33. The summed E-state index contributed by atoms with van der Waals surface area (Å²) in [5.41, 5.74) is -1.17. The van der Waals surface area contributed by atoms with E-state index in [1.54, 1.807) is 0 Å². The Morgan fingerprint density at radius 3 is 2.45 bits per heavy atom. The van der Waals surface area contributed by atoms with Crippen molar-refractivity contribution in [2.75, 3.05) is 20.3 Å². The van der Waals surface area contributed by atoms with Crippen molar-refractivity contribution < 1.29 is 55.5 Å². The van der Waals surface area contributed by atoms with Gasteiger partial charge in [-0.15, -0.1) is 6.42 Å². The van der Waals surface area contributed by atoms with Gasteiger partial charge in [0.2, 0.25) is 0 Å². The quantitative estimate of drug-likeness (QED) is 0.219. The Morgan fingerprint density at radius 1 is 1.21 bits per heavy atom. The standard InChI is InChI=1S/C14H21N2O14P3/c1-4-5-26-10-6-12(16-7-9(2)13(17)15-14(16)18)28-11(10)8-27-32(21,22)30-33(23,24)29-31(19,20)25-3/h1,7,10-12H,5-6,8H2,2-3H3,(H,19,20)(H,21,22)(H,23,24)(H,15,17,18)/t10?,11-,12-/m1/s1. The summed E-state index contributed by atoms with van der Waals surface area (Å²) in [5, 5.41) is 0. The molecule has 33 heavy (non-hydrogen) atoms. The Labute approximate surface area is 186 Å². The summed E-state index contributed by atoms with van der Waals surface area (Å²) in [5.74, 6) is 2.22. The smallest absolute Gasteiger partial charge is 0.363 e. The van der Waals surface area contributed by atoms with Crippen LogP contribution >= 0.6 is 23.5 Å². The predicted molar refractivity (Wildman–Crippen MR) is 108 cm³/mol. The van der Waals surface area contributed by atoms with Crippen molar-refractivity contribution in [1.29, 1.82) is 0 Å². The van der Waals surface area contributed by atoms with E-state index in [2.05, 4.69) is 28.6 Å². The van der Waals surface area contributed by atoms with Gasteiger partial charge in [-0.05, 0) is 6.92 Å². The molecule has 1 aliphatic heterocycles. The van der Waals surface area contributed by atoms with Crippen molar-refractivity contribution in [3.05, 3.63) is 32.6 Å². The van der Waals surface area contributed by atoms with E-state index in [1.807, 2.05) is 0 Å². The molecule has 0 bridgehead atoms. The van der Waals surface area contributed by atoms with Crippen LogP contribution in [-0.2, 0) is 40.8 Å². The van der Waals surface area contributed by atoms with E-state index in [4.69, 9.17) is 20.8 Å².